The van der Waals surface area contributed by atoms with Crippen molar-refractivity contribution in [3.63, 3.8) is 0 Å². The molecule has 0 fully saturated rings. The van der Waals surface area contributed by atoms with Crippen molar-refractivity contribution in [1.82, 2.24) is 10.6 Å². The number of aliphatic imine (C=N–C) groups is 1. The van der Waals surface area contributed by atoms with E-state index in [0.717, 1.165) is 17.1 Å². The van der Waals surface area contributed by atoms with E-state index in [2.05, 4.69) is 15.6 Å². The number of nitrogens with zero attached hydrogens (tertiary/aromatic N) is 1. The Morgan fingerprint density at radius 2 is 2.00 bits per heavy atom. The van der Waals surface area contributed by atoms with Gasteiger partial charge in [0, 0.05) is 26.4 Å². The lowest BCUT2D eigenvalue weighted by Gasteiger charge is -2.11. The fraction of sp³-hybridized carbons (Fsp3) is 0.462. The van der Waals surface area contributed by atoms with E-state index >= 15 is 0 Å². The van der Waals surface area contributed by atoms with Gasteiger partial charge >= 0.3 is 0 Å². The Morgan fingerprint density at radius 1 is 1.27 bits per heavy atom. The summed E-state index contributed by atoms with van der Waals surface area (Å²) in [4.78, 5) is 4.04. The van der Waals surface area contributed by atoms with Crippen LogP contribution < -0.4 is 20.1 Å². The average Bonchev–Trinajstić information content (AvgIpc) is 2.88. The molecule has 0 spiro atoms. The summed E-state index contributed by atoms with van der Waals surface area (Å²) in [6, 6.07) is 5.70. The van der Waals surface area contributed by atoms with Gasteiger partial charge in [-0.05, 0) is 17.7 Å². The summed E-state index contributed by atoms with van der Waals surface area (Å²) >= 11 is 0. The topological polar surface area (TPSA) is 89.0 Å². The molecule has 0 atom stereocenters. The molecule has 0 bridgehead atoms. The molecule has 0 saturated carbocycles. The van der Waals surface area contributed by atoms with E-state index in [0.29, 0.717) is 19.0 Å². The third-order valence-corrected chi connectivity index (χ3v) is 3.83. The van der Waals surface area contributed by atoms with E-state index in [-0.39, 0.29) is 36.5 Å². The first-order valence-corrected chi connectivity index (χ1v) is 8.55. The Labute approximate surface area is 147 Å². The zero-order valence-corrected chi connectivity index (χ0v) is 15.6. The van der Waals surface area contributed by atoms with E-state index in [1.807, 2.05) is 18.2 Å². The number of guanidine groups is 1. The first-order valence-electron chi connectivity index (χ1n) is 6.49. The minimum atomic E-state index is -2.98. The lowest BCUT2D eigenvalue weighted by Crippen LogP contribution is -2.39. The number of fused-ring (bicyclic) bond motifs is 1. The van der Waals surface area contributed by atoms with Crippen LogP contribution in [0.4, 0.5) is 0 Å². The van der Waals surface area contributed by atoms with Crippen molar-refractivity contribution in [2.75, 3.05) is 32.4 Å². The molecule has 124 valence electrons. The van der Waals surface area contributed by atoms with Gasteiger partial charge in [0.05, 0.1) is 5.75 Å². The maximum atomic E-state index is 11.1. The Kier molecular flexibility index (Phi) is 7.20. The van der Waals surface area contributed by atoms with Gasteiger partial charge in [-0.2, -0.15) is 0 Å². The van der Waals surface area contributed by atoms with E-state index < -0.39 is 9.84 Å². The second-order valence-electron chi connectivity index (χ2n) is 4.67. The smallest absolute Gasteiger partial charge is 0.231 e. The lowest BCUT2D eigenvalue weighted by atomic mass is 10.2. The molecule has 1 aliphatic heterocycles. The fourth-order valence-corrected chi connectivity index (χ4v) is 2.28. The predicted octanol–water partition coefficient (Wildman–Crippen LogP) is 0.743. The van der Waals surface area contributed by atoms with Gasteiger partial charge in [0.2, 0.25) is 6.79 Å². The lowest BCUT2D eigenvalue weighted by molar-refractivity contribution is 0.174. The van der Waals surface area contributed by atoms with E-state index in [4.69, 9.17) is 9.47 Å². The van der Waals surface area contributed by atoms with Crippen LogP contribution >= 0.6 is 24.0 Å². The highest BCUT2D eigenvalue weighted by atomic mass is 127. The van der Waals surface area contributed by atoms with Crippen molar-refractivity contribution in [2.24, 2.45) is 4.99 Å². The number of benzene rings is 1. The Bertz CT molecular complexity index is 634. The number of rotatable bonds is 5. The summed E-state index contributed by atoms with van der Waals surface area (Å²) in [7, 11) is -1.34. The molecule has 0 unspecified atom stereocenters. The van der Waals surface area contributed by atoms with Gasteiger partial charge in [-0.15, -0.1) is 24.0 Å². The summed E-state index contributed by atoms with van der Waals surface area (Å²) in [6.07, 6.45) is 1.21. The molecule has 2 rings (SSSR count). The maximum Gasteiger partial charge on any atom is 0.231 e. The Hall–Kier alpha value is -1.23. The summed E-state index contributed by atoms with van der Waals surface area (Å²) in [5.74, 6) is 2.10. The van der Waals surface area contributed by atoms with Crippen molar-refractivity contribution >= 4 is 39.8 Å². The molecule has 0 saturated heterocycles. The predicted molar refractivity (Wildman–Crippen MR) is 95.9 cm³/mol. The highest BCUT2D eigenvalue weighted by molar-refractivity contribution is 14.0. The van der Waals surface area contributed by atoms with Crippen LogP contribution in [0.2, 0.25) is 0 Å². The van der Waals surface area contributed by atoms with Gasteiger partial charge in [-0.25, -0.2) is 8.42 Å². The zero-order valence-electron chi connectivity index (χ0n) is 12.5. The Balaban J connectivity index is 0.00000242. The molecule has 1 heterocycles. The maximum absolute atomic E-state index is 11.1. The van der Waals surface area contributed by atoms with Crippen LogP contribution in [0, 0.1) is 0 Å². The van der Waals surface area contributed by atoms with Gasteiger partial charge in [-0.1, -0.05) is 6.07 Å². The van der Waals surface area contributed by atoms with Crippen molar-refractivity contribution < 1.29 is 17.9 Å². The molecule has 1 aromatic carbocycles. The van der Waals surface area contributed by atoms with Crippen LogP contribution in [-0.4, -0.2) is 46.8 Å². The van der Waals surface area contributed by atoms with Crippen LogP contribution in [-0.2, 0) is 16.4 Å². The normalized spacial score (nSPS) is 13.5. The third-order valence-electron chi connectivity index (χ3n) is 2.89. The summed E-state index contributed by atoms with van der Waals surface area (Å²) in [5.41, 5.74) is 1.02. The quantitative estimate of drug-likeness (QED) is 0.398. The van der Waals surface area contributed by atoms with E-state index in [9.17, 15) is 8.42 Å². The highest BCUT2D eigenvalue weighted by Crippen LogP contribution is 2.32. The molecule has 0 aromatic heterocycles. The van der Waals surface area contributed by atoms with Crippen LogP contribution in [0.1, 0.15) is 5.56 Å². The second-order valence-corrected chi connectivity index (χ2v) is 6.93. The molecule has 0 aliphatic carbocycles. The monoisotopic (exact) mass is 441 g/mol. The number of hydrogen-bond donors (Lipinski definition) is 2. The summed E-state index contributed by atoms with van der Waals surface area (Å²) in [6.45, 7) is 1.12. The van der Waals surface area contributed by atoms with Crippen LogP contribution in [0.15, 0.2) is 23.2 Å². The molecule has 9 heteroatoms. The Morgan fingerprint density at radius 3 is 2.68 bits per heavy atom. The van der Waals surface area contributed by atoms with Gasteiger partial charge in [0.25, 0.3) is 0 Å². The molecule has 0 amide bonds. The van der Waals surface area contributed by atoms with E-state index in [1.54, 1.807) is 7.05 Å². The molecule has 22 heavy (non-hydrogen) atoms. The van der Waals surface area contributed by atoms with Gasteiger partial charge in [0.15, 0.2) is 17.5 Å². The molecular formula is C13H20IN3O4S. The number of hydrogen-bond acceptors (Lipinski definition) is 5. The fourth-order valence-electron chi connectivity index (χ4n) is 1.81. The van der Waals surface area contributed by atoms with Crippen LogP contribution in [0.25, 0.3) is 0 Å². The van der Waals surface area contributed by atoms with Crippen molar-refractivity contribution in [3.05, 3.63) is 23.8 Å². The van der Waals surface area contributed by atoms with Crippen molar-refractivity contribution in [2.45, 2.75) is 6.54 Å². The largest absolute Gasteiger partial charge is 0.454 e. The first-order chi connectivity index (χ1) is 9.98. The van der Waals surface area contributed by atoms with Crippen molar-refractivity contribution in [3.8, 4) is 11.5 Å². The van der Waals surface area contributed by atoms with Gasteiger partial charge < -0.3 is 20.1 Å². The number of sulfone groups is 1. The molecule has 2 N–H and O–H groups in total. The summed E-state index contributed by atoms with van der Waals surface area (Å²) in [5, 5.41) is 6.06. The standard InChI is InChI=1S/C13H19N3O4S.HI/c1-14-13(15-5-6-21(2,17)18)16-8-10-3-4-11-12(7-10)20-9-19-11;/h3-4,7H,5-6,8-9H2,1-2H3,(H2,14,15,16);1H. The zero-order chi connectivity index (χ0) is 15.3. The molecule has 7 nitrogen and oxygen atoms in total. The minimum Gasteiger partial charge on any atom is -0.454 e. The molecule has 1 aliphatic rings. The second kappa shape index (κ2) is 8.42. The third kappa shape index (κ3) is 5.87. The minimum absolute atomic E-state index is 0. The average molecular weight is 441 g/mol. The number of ether oxygens (including phenoxy) is 2. The van der Waals surface area contributed by atoms with Crippen molar-refractivity contribution in [1.29, 1.82) is 0 Å². The van der Waals surface area contributed by atoms with Gasteiger partial charge in [0.1, 0.15) is 9.84 Å². The molecule has 1 aromatic rings. The first kappa shape index (κ1) is 18.8. The highest BCUT2D eigenvalue weighted by Gasteiger charge is 2.13. The SMILES string of the molecule is CN=C(NCCS(C)(=O)=O)NCc1ccc2c(c1)OCO2.I. The number of nitrogens with one attached hydrogen (secondary N) is 2. The van der Waals surface area contributed by atoms with E-state index in [1.165, 1.54) is 6.26 Å². The number of halogens is 1. The molecular weight excluding hydrogens is 421 g/mol. The van der Waals surface area contributed by atoms with Gasteiger partial charge in [-0.3, -0.25) is 4.99 Å². The summed E-state index contributed by atoms with van der Waals surface area (Å²) < 4.78 is 32.7. The molecule has 0 radical (unpaired) electrons. The van der Waals surface area contributed by atoms with Crippen LogP contribution in [0.3, 0.4) is 0 Å². The van der Waals surface area contributed by atoms with Crippen LogP contribution in [0.5, 0.6) is 11.5 Å².